The van der Waals surface area contributed by atoms with Gasteiger partial charge in [0, 0.05) is 17.1 Å². The first-order valence-electron chi connectivity index (χ1n) is 9.19. The first-order valence-corrected chi connectivity index (χ1v) is 9.19. The molecule has 4 aromatic carbocycles. The van der Waals surface area contributed by atoms with Gasteiger partial charge in [-0.3, -0.25) is 4.98 Å². The Bertz CT molecular complexity index is 1350. The molecule has 5 rings (SSSR count). The Balaban J connectivity index is 2.07. The van der Waals surface area contributed by atoms with Crippen molar-refractivity contribution in [3.8, 4) is 11.1 Å². The molecule has 1 heteroatoms. The summed E-state index contributed by atoms with van der Waals surface area (Å²) in [4.78, 5) is 4.79. The van der Waals surface area contributed by atoms with Gasteiger partial charge in [-0.15, -0.1) is 0 Å². The standard InChI is InChI=1S/C26H19N/c1-3-20-23-15-18-10-5-6-11-19(18)16-24(23)22-13-8-14-27-26(22)25(20)21-12-7-4-9-17(21)2/h3-16H,1H2,2H3. The van der Waals surface area contributed by atoms with E-state index in [2.05, 4.69) is 80.2 Å². The van der Waals surface area contributed by atoms with Crippen LogP contribution in [-0.2, 0) is 0 Å². The molecule has 0 aliphatic carbocycles. The molecule has 1 nitrogen and oxygen atoms in total. The third kappa shape index (κ3) is 2.36. The molecule has 0 aliphatic rings. The van der Waals surface area contributed by atoms with Gasteiger partial charge < -0.3 is 0 Å². The molecule has 0 N–H and O–H groups in total. The molecule has 0 unspecified atom stereocenters. The zero-order valence-electron chi connectivity index (χ0n) is 15.2. The lowest BCUT2D eigenvalue weighted by Crippen LogP contribution is -1.94. The van der Waals surface area contributed by atoms with E-state index in [1.807, 2.05) is 18.3 Å². The van der Waals surface area contributed by atoms with Crippen LogP contribution in [0.15, 0.2) is 85.6 Å². The topological polar surface area (TPSA) is 12.9 Å². The van der Waals surface area contributed by atoms with Gasteiger partial charge in [-0.1, -0.05) is 67.3 Å². The number of rotatable bonds is 2. The molecule has 5 aromatic rings. The molecular weight excluding hydrogens is 326 g/mol. The Kier molecular flexibility index (Phi) is 3.54. The Labute approximate surface area is 158 Å². The number of aryl methyl sites for hydroxylation is 1. The van der Waals surface area contributed by atoms with Crippen molar-refractivity contribution in [2.45, 2.75) is 6.92 Å². The van der Waals surface area contributed by atoms with Crippen LogP contribution in [-0.4, -0.2) is 4.98 Å². The SMILES string of the molecule is C=Cc1c(-c2ccccc2C)c2ncccc2c2cc3ccccc3cc12. The quantitative estimate of drug-likeness (QED) is 0.244. The summed E-state index contributed by atoms with van der Waals surface area (Å²) in [5, 5.41) is 6.12. The second-order valence-corrected chi connectivity index (χ2v) is 6.95. The molecule has 0 amide bonds. The van der Waals surface area contributed by atoms with Gasteiger partial charge >= 0.3 is 0 Å². The molecule has 0 saturated carbocycles. The van der Waals surface area contributed by atoms with Crippen molar-refractivity contribution in [2.24, 2.45) is 0 Å². The molecule has 0 radical (unpaired) electrons. The van der Waals surface area contributed by atoms with Gasteiger partial charge in [-0.25, -0.2) is 0 Å². The lowest BCUT2D eigenvalue weighted by molar-refractivity contribution is 1.40. The monoisotopic (exact) mass is 345 g/mol. The molecule has 0 spiro atoms. The minimum atomic E-state index is 1.03. The minimum absolute atomic E-state index is 1.03. The molecule has 128 valence electrons. The van der Waals surface area contributed by atoms with Gasteiger partial charge in [0.15, 0.2) is 0 Å². The average Bonchev–Trinajstić information content (AvgIpc) is 2.72. The van der Waals surface area contributed by atoms with Crippen molar-refractivity contribution >= 4 is 38.5 Å². The van der Waals surface area contributed by atoms with Crippen LogP contribution in [0.1, 0.15) is 11.1 Å². The zero-order chi connectivity index (χ0) is 18.4. The fraction of sp³-hybridized carbons (Fsp3) is 0.0385. The molecule has 0 atom stereocenters. The lowest BCUT2D eigenvalue weighted by atomic mass is 9.87. The Morgan fingerprint density at radius 3 is 2.22 bits per heavy atom. The number of benzene rings is 4. The second kappa shape index (κ2) is 6.07. The van der Waals surface area contributed by atoms with Crippen LogP contribution < -0.4 is 0 Å². The Morgan fingerprint density at radius 1 is 0.778 bits per heavy atom. The number of pyridine rings is 1. The van der Waals surface area contributed by atoms with E-state index in [-0.39, 0.29) is 0 Å². The first kappa shape index (κ1) is 15.8. The molecular formula is C26H19N. The van der Waals surface area contributed by atoms with E-state index in [0.717, 1.165) is 11.1 Å². The van der Waals surface area contributed by atoms with Crippen LogP contribution in [0.3, 0.4) is 0 Å². The summed E-state index contributed by atoms with van der Waals surface area (Å²) in [5.74, 6) is 0. The number of hydrogen-bond donors (Lipinski definition) is 0. The number of nitrogens with zero attached hydrogens (tertiary/aromatic N) is 1. The fourth-order valence-corrected chi connectivity index (χ4v) is 4.11. The summed E-state index contributed by atoms with van der Waals surface area (Å²) in [6.45, 7) is 6.31. The van der Waals surface area contributed by atoms with Gasteiger partial charge in [-0.2, -0.15) is 0 Å². The minimum Gasteiger partial charge on any atom is -0.256 e. The summed E-state index contributed by atoms with van der Waals surface area (Å²) in [7, 11) is 0. The van der Waals surface area contributed by atoms with Crippen LogP contribution >= 0.6 is 0 Å². The van der Waals surface area contributed by atoms with Crippen LogP contribution in [0.5, 0.6) is 0 Å². The van der Waals surface area contributed by atoms with Crippen molar-refractivity contribution in [1.82, 2.24) is 4.98 Å². The van der Waals surface area contributed by atoms with E-state index in [1.54, 1.807) is 0 Å². The predicted molar refractivity (Wildman–Crippen MR) is 117 cm³/mol. The van der Waals surface area contributed by atoms with E-state index in [4.69, 9.17) is 4.98 Å². The molecule has 0 fully saturated rings. The highest BCUT2D eigenvalue weighted by Gasteiger charge is 2.16. The van der Waals surface area contributed by atoms with Crippen molar-refractivity contribution in [2.75, 3.05) is 0 Å². The van der Waals surface area contributed by atoms with E-state index >= 15 is 0 Å². The summed E-state index contributed by atoms with van der Waals surface area (Å²) >= 11 is 0. The van der Waals surface area contributed by atoms with Gasteiger partial charge in [0.25, 0.3) is 0 Å². The van der Waals surface area contributed by atoms with Gasteiger partial charge in [-0.05, 0) is 63.4 Å². The smallest absolute Gasteiger partial charge is 0.0792 e. The van der Waals surface area contributed by atoms with Crippen LogP contribution in [0.25, 0.3) is 49.7 Å². The normalized spacial score (nSPS) is 11.3. The van der Waals surface area contributed by atoms with E-state index in [1.165, 1.54) is 43.6 Å². The van der Waals surface area contributed by atoms with Gasteiger partial charge in [0.1, 0.15) is 0 Å². The van der Waals surface area contributed by atoms with Crippen molar-refractivity contribution in [3.05, 3.63) is 96.7 Å². The van der Waals surface area contributed by atoms with Crippen LogP contribution in [0, 0.1) is 6.92 Å². The van der Waals surface area contributed by atoms with Crippen LogP contribution in [0.2, 0.25) is 0 Å². The molecule has 1 heterocycles. The number of fused-ring (bicyclic) bond motifs is 4. The highest BCUT2D eigenvalue weighted by molar-refractivity contribution is 6.19. The largest absolute Gasteiger partial charge is 0.256 e. The maximum Gasteiger partial charge on any atom is 0.0792 e. The first-order chi connectivity index (χ1) is 13.3. The highest BCUT2D eigenvalue weighted by Crippen LogP contribution is 2.41. The fourth-order valence-electron chi connectivity index (χ4n) is 4.11. The van der Waals surface area contributed by atoms with E-state index < -0.39 is 0 Å². The highest BCUT2D eigenvalue weighted by atomic mass is 14.7. The lowest BCUT2D eigenvalue weighted by Gasteiger charge is -2.17. The number of aromatic nitrogens is 1. The van der Waals surface area contributed by atoms with Crippen molar-refractivity contribution < 1.29 is 0 Å². The summed E-state index contributed by atoms with van der Waals surface area (Å²) in [6, 6.07) is 25.8. The second-order valence-electron chi connectivity index (χ2n) is 6.95. The van der Waals surface area contributed by atoms with E-state index in [9.17, 15) is 0 Å². The summed E-state index contributed by atoms with van der Waals surface area (Å²) in [6.07, 6.45) is 3.86. The third-order valence-corrected chi connectivity index (χ3v) is 5.40. The molecule has 1 aromatic heterocycles. The van der Waals surface area contributed by atoms with E-state index in [0.29, 0.717) is 0 Å². The van der Waals surface area contributed by atoms with Gasteiger partial charge in [0.05, 0.1) is 5.52 Å². The summed E-state index contributed by atoms with van der Waals surface area (Å²) in [5.41, 5.74) is 5.81. The van der Waals surface area contributed by atoms with Crippen LogP contribution in [0.4, 0.5) is 0 Å². The van der Waals surface area contributed by atoms with Crippen molar-refractivity contribution in [3.63, 3.8) is 0 Å². The summed E-state index contributed by atoms with van der Waals surface area (Å²) < 4.78 is 0. The molecule has 0 saturated heterocycles. The average molecular weight is 345 g/mol. The maximum atomic E-state index is 4.79. The zero-order valence-corrected chi connectivity index (χ0v) is 15.2. The Hall–Kier alpha value is -3.45. The molecule has 0 bridgehead atoms. The number of hydrogen-bond acceptors (Lipinski definition) is 1. The third-order valence-electron chi connectivity index (χ3n) is 5.40. The molecule has 27 heavy (non-hydrogen) atoms. The van der Waals surface area contributed by atoms with Crippen molar-refractivity contribution in [1.29, 1.82) is 0 Å². The maximum absolute atomic E-state index is 4.79. The predicted octanol–water partition coefficient (Wildman–Crippen LogP) is 7.16. The Morgan fingerprint density at radius 2 is 1.48 bits per heavy atom. The molecule has 0 aliphatic heterocycles. The van der Waals surface area contributed by atoms with Gasteiger partial charge in [0.2, 0.25) is 0 Å².